The number of hydrogen-bond donors (Lipinski definition) is 2. The lowest BCUT2D eigenvalue weighted by molar-refractivity contribution is -0.0219. The number of aliphatic hydroxyl groups excluding tert-OH is 1. The molecule has 18 heavy (non-hydrogen) atoms. The van der Waals surface area contributed by atoms with Crippen molar-refractivity contribution in [3.05, 3.63) is 0 Å². The summed E-state index contributed by atoms with van der Waals surface area (Å²) in [6.45, 7) is 5.38. The maximum Gasteiger partial charge on any atom is 0.0546 e. The lowest BCUT2D eigenvalue weighted by atomic mass is 9.82. The van der Waals surface area contributed by atoms with E-state index in [1.54, 1.807) is 0 Å². The van der Waals surface area contributed by atoms with E-state index in [2.05, 4.69) is 17.3 Å². The Morgan fingerprint density at radius 2 is 2.17 bits per heavy atom. The van der Waals surface area contributed by atoms with E-state index in [1.165, 1.54) is 19.3 Å². The van der Waals surface area contributed by atoms with Crippen LogP contribution in [0, 0.1) is 5.41 Å². The molecule has 0 radical (unpaired) electrons. The van der Waals surface area contributed by atoms with Crippen molar-refractivity contribution < 1.29 is 9.84 Å². The Hall–Kier alpha value is -0.160. The molecule has 1 saturated heterocycles. The topological polar surface area (TPSA) is 44.7 Å². The lowest BCUT2D eigenvalue weighted by Crippen LogP contribution is -2.47. The van der Waals surface area contributed by atoms with Gasteiger partial charge in [-0.1, -0.05) is 0 Å². The number of ether oxygens (including phenoxy) is 1. The first-order chi connectivity index (χ1) is 8.72. The number of nitrogens with zero attached hydrogens (tertiary/aromatic N) is 1. The van der Waals surface area contributed by atoms with Crippen molar-refractivity contribution in [2.24, 2.45) is 5.41 Å². The molecule has 0 aromatic rings. The van der Waals surface area contributed by atoms with Crippen LogP contribution in [0.25, 0.3) is 0 Å². The fourth-order valence-electron chi connectivity index (χ4n) is 2.93. The first-order valence-corrected chi connectivity index (χ1v) is 7.24. The SMILES string of the molecule is CNCC1(CN(C)CCCCCO)CCCOC1. The predicted octanol–water partition coefficient (Wildman–Crippen LogP) is 1.10. The van der Waals surface area contributed by atoms with Crippen LogP contribution >= 0.6 is 0 Å². The fourth-order valence-corrected chi connectivity index (χ4v) is 2.93. The number of nitrogens with one attached hydrogen (secondary N) is 1. The molecular formula is C14H30N2O2. The second kappa shape index (κ2) is 8.86. The Kier molecular flexibility index (Phi) is 7.82. The molecular weight excluding hydrogens is 228 g/mol. The van der Waals surface area contributed by atoms with Gasteiger partial charge in [0.25, 0.3) is 0 Å². The van der Waals surface area contributed by atoms with Crippen LogP contribution < -0.4 is 5.32 Å². The van der Waals surface area contributed by atoms with E-state index >= 15 is 0 Å². The molecule has 0 aromatic carbocycles. The third-order valence-corrected chi connectivity index (χ3v) is 3.76. The van der Waals surface area contributed by atoms with Gasteiger partial charge in [0.1, 0.15) is 0 Å². The Morgan fingerprint density at radius 3 is 2.78 bits per heavy atom. The van der Waals surface area contributed by atoms with E-state index in [9.17, 15) is 0 Å². The Labute approximate surface area is 112 Å². The average Bonchev–Trinajstić information content (AvgIpc) is 2.36. The molecule has 1 aliphatic heterocycles. The quantitative estimate of drug-likeness (QED) is 0.608. The molecule has 1 aliphatic rings. The predicted molar refractivity (Wildman–Crippen MR) is 74.8 cm³/mol. The summed E-state index contributed by atoms with van der Waals surface area (Å²) in [5.74, 6) is 0. The highest BCUT2D eigenvalue weighted by molar-refractivity contribution is 4.86. The molecule has 0 bridgehead atoms. The maximum atomic E-state index is 8.77. The molecule has 0 aromatic heterocycles. The van der Waals surface area contributed by atoms with Gasteiger partial charge in [-0.2, -0.15) is 0 Å². The van der Waals surface area contributed by atoms with E-state index in [0.29, 0.717) is 12.0 Å². The first-order valence-electron chi connectivity index (χ1n) is 7.24. The molecule has 1 unspecified atom stereocenters. The Balaban J connectivity index is 2.30. The largest absolute Gasteiger partial charge is 0.396 e. The van der Waals surface area contributed by atoms with Crippen LogP contribution in [-0.4, -0.2) is 63.6 Å². The summed E-state index contributed by atoms with van der Waals surface area (Å²) < 4.78 is 5.68. The zero-order chi connectivity index (χ0) is 13.3. The molecule has 0 saturated carbocycles. The van der Waals surface area contributed by atoms with E-state index in [-0.39, 0.29) is 0 Å². The van der Waals surface area contributed by atoms with Gasteiger partial charge in [0.05, 0.1) is 6.61 Å². The maximum absolute atomic E-state index is 8.77. The summed E-state index contributed by atoms with van der Waals surface area (Å²) in [6.07, 6.45) is 5.66. The van der Waals surface area contributed by atoms with E-state index in [0.717, 1.165) is 45.7 Å². The van der Waals surface area contributed by atoms with Gasteiger partial charge in [-0.15, -0.1) is 0 Å². The third kappa shape index (κ3) is 5.65. The number of hydrogen-bond acceptors (Lipinski definition) is 4. The van der Waals surface area contributed by atoms with Gasteiger partial charge in [-0.3, -0.25) is 0 Å². The van der Waals surface area contributed by atoms with Crippen molar-refractivity contribution >= 4 is 0 Å². The summed E-state index contributed by atoms with van der Waals surface area (Å²) in [7, 11) is 4.22. The first kappa shape index (κ1) is 15.9. The molecule has 1 atom stereocenters. The summed E-state index contributed by atoms with van der Waals surface area (Å²) in [6, 6.07) is 0. The van der Waals surface area contributed by atoms with Crippen LogP contribution in [0.5, 0.6) is 0 Å². The molecule has 1 heterocycles. The van der Waals surface area contributed by atoms with Crippen LogP contribution in [0.3, 0.4) is 0 Å². The molecule has 4 nitrogen and oxygen atoms in total. The summed E-state index contributed by atoms with van der Waals surface area (Å²) in [4.78, 5) is 2.42. The zero-order valence-corrected chi connectivity index (χ0v) is 12.1. The summed E-state index contributed by atoms with van der Waals surface area (Å²) in [5.41, 5.74) is 0.290. The van der Waals surface area contributed by atoms with E-state index < -0.39 is 0 Å². The summed E-state index contributed by atoms with van der Waals surface area (Å²) in [5, 5.41) is 12.1. The van der Waals surface area contributed by atoms with Crippen molar-refractivity contribution in [1.29, 1.82) is 0 Å². The molecule has 0 aliphatic carbocycles. The minimum Gasteiger partial charge on any atom is -0.396 e. The van der Waals surface area contributed by atoms with Gasteiger partial charge in [-0.25, -0.2) is 0 Å². The second-order valence-electron chi connectivity index (χ2n) is 5.71. The normalized spacial score (nSPS) is 24.7. The third-order valence-electron chi connectivity index (χ3n) is 3.76. The van der Waals surface area contributed by atoms with Crippen molar-refractivity contribution in [2.45, 2.75) is 32.1 Å². The van der Waals surface area contributed by atoms with Crippen LogP contribution in [0.4, 0.5) is 0 Å². The van der Waals surface area contributed by atoms with E-state index in [1.807, 2.05) is 7.05 Å². The van der Waals surface area contributed by atoms with Crippen molar-refractivity contribution in [2.75, 3.05) is 53.6 Å². The van der Waals surface area contributed by atoms with Crippen LogP contribution in [0.15, 0.2) is 0 Å². The van der Waals surface area contributed by atoms with Gasteiger partial charge >= 0.3 is 0 Å². The number of rotatable bonds is 9. The van der Waals surface area contributed by atoms with E-state index in [4.69, 9.17) is 9.84 Å². The molecule has 1 rings (SSSR count). The highest BCUT2D eigenvalue weighted by Crippen LogP contribution is 2.28. The minimum absolute atomic E-state index is 0.290. The standard InChI is InChI=1S/C14H30N2O2/c1-15-11-14(7-6-10-18-13-14)12-16(2)8-4-3-5-9-17/h15,17H,3-13H2,1-2H3. The molecule has 2 N–H and O–H groups in total. The van der Waals surface area contributed by atoms with Gasteiger partial charge in [0, 0.05) is 31.7 Å². The molecule has 4 heteroatoms. The van der Waals surface area contributed by atoms with Gasteiger partial charge < -0.3 is 20.1 Å². The van der Waals surface area contributed by atoms with Crippen LogP contribution in [0.1, 0.15) is 32.1 Å². The van der Waals surface area contributed by atoms with Crippen LogP contribution in [0.2, 0.25) is 0 Å². The Morgan fingerprint density at radius 1 is 1.33 bits per heavy atom. The number of unbranched alkanes of at least 4 members (excludes halogenated alkanes) is 2. The molecule has 0 amide bonds. The van der Waals surface area contributed by atoms with Crippen molar-refractivity contribution in [3.8, 4) is 0 Å². The monoisotopic (exact) mass is 258 g/mol. The summed E-state index contributed by atoms with van der Waals surface area (Å²) >= 11 is 0. The second-order valence-corrected chi connectivity index (χ2v) is 5.71. The van der Waals surface area contributed by atoms with Gasteiger partial charge in [-0.05, 0) is 52.7 Å². The average molecular weight is 258 g/mol. The molecule has 0 spiro atoms. The highest BCUT2D eigenvalue weighted by atomic mass is 16.5. The van der Waals surface area contributed by atoms with Gasteiger partial charge in [0.15, 0.2) is 0 Å². The zero-order valence-electron chi connectivity index (χ0n) is 12.1. The smallest absolute Gasteiger partial charge is 0.0546 e. The van der Waals surface area contributed by atoms with Gasteiger partial charge in [0.2, 0.25) is 0 Å². The molecule has 108 valence electrons. The van der Waals surface area contributed by atoms with Crippen molar-refractivity contribution in [1.82, 2.24) is 10.2 Å². The molecule has 1 fully saturated rings. The fraction of sp³-hybridized carbons (Fsp3) is 1.00. The van der Waals surface area contributed by atoms with Crippen molar-refractivity contribution in [3.63, 3.8) is 0 Å². The minimum atomic E-state index is 0.290. The Bertz CT molecular complexity index is 200. The lowest BCUT2D eigenvalue weighted by Gasteiger charge is -2.40. The number of aliphatic hydroxyl groups is 1. The highest BCUT2D eigenvalue weighted by Gasteiger charge is 2.33. The van der Waals surface area contributed by atoms with Crippen LogP contribution in [-0.2, 0) is 4.74 Å².